The van der Waals surface area contributed by atoms with Crippen molar-refractivity contribution in [2.24, 2.45) is 5.92 Å². The molecule has 0 saturated carbocycles. The minimum absolute atomic E-state index is 0.602. The Balaban J connectivity index is 2.99. The van der Waals surface area contributed by atoms with Crippen LogP contribution in [0.1, 0.15) is 20.8 Å². The molecule has 0 radical (unpaired) electrons. The molecule has 0 saturated heterocycles. The Hall–Kier alpha value is -0.0400. The predicted octanol–water partition coefficient (Wildman–Crippen LogP) is 0.273. The van der Waals surface area contributed by atoms with Crippen molar-refractivity contribution < 1.29 is 5.73 Å². The van der Waals surface area contributed by atoms with Gasteiger partial charge in [0.15, 0.2) is 0 Å². The molecule has 0 aromatic carbocycles. The van der Waals surface area contributed by atoms with Gasteiger partial charge < -0.3 is 5.73 Å². The lowest BCUT2D eigenvalue weighted by molar-refractivity contribution is -0.424. The molecule has 0 aromatic heterocycles. The second-order valence-corrected chi connectivity index (χ2v) is 2.22. The number of hydrogen-bond acceptors (Lipinski definition) is 0. The van der Waals surface area contributed by atoms with Crippen LogP contribution in [0.5, 0.6) is 0 Å². The second-order valence-electron chi connectivity index (χ2n) is 2.22. The molecule has 38 valence electrons. The third-order valence-electron chi connectivity index (χ3n) is 1.14. The van der Waals surface area contributed by atoms with Crippen molar-refractivity contribution >= 4 is 0 Å². The van der Waals surface area contributed by atoms with Crippen molar-refractivity contribution in [2.45, 2.75) is 26.8 Å². The third kappa shape index (κ3) is 2.21. The van der Waals surface area contributed by atoms with E-state index in [1.54, 1.807) is 0 Å². The van der Waals surface area contributed by atoms with Crippen LogP contribution in [-0.2, 0) is 0 Å². The predicted molar refractivity (Wildman–Crippen MR) is 27.2 cm³/mol. The van der Waals surface area contributed by atoms with Gasteiger partial charge in [0.1, 0.15) is 0 Å². The molecule has 0 heterocycles. The Kier molecular flexibility index (Phi) is 2.18. The zero-order valence-electron chi connectivity index (χ0n) is 4.86. The highest BCUT2D eigenvalue weighted by atomic mass is 14.6. The van der Waals surface area contributed by atoms with E-state index in [0.29, 0.717) is 6.04 Å². The lowest BCUT2D eigenvalue weighted by Crippen LogP contribution is -2.61. The monoisotopic (exact) mass is 88.1 g/mol. The van der Waals surface area contributed by atoms with Crippen LogP contribution >= 0.6 is 0 Å². The molecule has 0 aliphatic carbocycles. The van der Waals surface area contributed by atoms with Gasteiger partial charge in [-0.3, -0.25) is 0 Å². The first kappa shape index (κ1) is 5.96. The topological polar surface area (TPSA) is 27.6 Å². The van der Waals surface area contributed by atoms with Gasteiger partial charge in [0, 0.05) is 5.92 Å². The fourth-order valence-electron chi connectivity index (χ4n) is 0. The van der Waals surface area contributed by atoms with Crippen LogP contribution in [0.4, 0.5) is 0 Å². The van der Waals surface area contributed by atoms with E-state index >= 15 is 0 Å². The smallest absolute Gasteiger partial charge is 0.0838 e. The fourth-order valence-corrected chi connectivity index (χ4v) is 0. The number of quaternary nitrogens is 1. The maximum absolute atomic E-state index is 3.84. The van der Waals surface area contributed by atoms with Gasteiger partial charge in [0.05, 0.1) is 6.04 Å². The fraction of sp³-hybridized carbons (Fsp3) is 1.00. The SMILES string of the molecule is CC(C)C(C)[NH3+]. The molecule has 0 aromatic rings. The molecular formula is C5H14N+. The summed E-state index contributed by atoms with van der Waals surface area (Å²) in [6, 6.07) is 0.602. The Labute approximate surface area is 39.5 Å². The maximum Gasteiger partial charge on any atom is 0.0838 e. The molecule has 0 aliphatic rings. The van der Waals surface area contributed by atoms with Gasteiger partial charge in [0.2, 0.25) is 0 Å². The van der Waals surface area contributed by atoms with Crippen LogP contribution in [0.3, 0.4) is 0 Å². The van der Waals surface area contributed by atoms with E-state index in [0.717, 1.165) is 5.92 Å². The van der Waals surface area contributed by atoms with Gasteiger partial charge in [-0.1, -0.05) is 13.8 Å². The van der Waals surface area contributed by atoms with Gasteiger partial charge >= 0.3 is 0 Å². The molecular weight excluding hydrogens is 74.1 g/mol. The summed E-state index contributed by atoms with van der Waals surface area (Å²) in [6.07, 6.45) is 0. The third-order valence-corrected chi connectivity index (χ3v) is 1.14. The summed E-state index contributed by atoms with van der Waals surface area (Å²) in [5, 5.41) is 0. The van der Waals surface area contributed by atoms with E-state index in [9.17, 15) is 0 Å². The Morgan fingerprint density at radius 3 is 1.33 bits per heavy atom. The summed E-state index contributed by atoms with van der Waals surface area (Å²) >= 11 is 0. The minimum Gasteiger partial charge on any atom is -0.355 e. The standard InChI is InChI=1S/C5H13N/c1-4(2)5(3)6/h4-5H,6H2,1-3H3/p+1. The van der Waals surface area contributed by atoms with E-state index in [1.165, 1.54) is 0 Å². The average molecular weight is 88.2 g/mol. The Bertz CT molecular complexity index is 24.9. The minimum atomic E-state index is 0.602. The van der Waals surface area contributed by atoms with Crippen molar-refractivity contribution in [3.05, 3.63) is 0 Å². The van der Waals surface area contributed by atoms with Gasteiger partial charge in [-0.15, -0.1) is 0 Å². The Morgan fingerprint density at radius 1 is 1.17 bits per heavy atom. The molecule has 0 amide bonds. The van der Waals surface area contributed by atoms with Crippen molar-refractivity contribution in [1.29, 1.82) is 0 Å². The molecule has 1 atom stereocenters. The molecule has 0 fully saturated rings. The van der Waals surface area contributed by atoms with Crippen LogP contribution in [0.25, 0.3) is 0 Å². The zero-order valence-corrected chi connectivity index (χ0v) is 4.86. The van der Waals surface area contributed by atoms with Gasteiger partial charge in [0.25, 0.3) is 0 Å². The molecule has 1 unspecified atom stereocenters. The molecule has 0 aliphatic heterocycles. The molecule has 1 nitrogen and oxygen atoms in total. The van der Waals surface area contributed by atoms with Crippen LogP contribution in [-0.4, -0.2) is 6.04 Å². The molecule has 0 rings (SSSR count). The summed E-state index contributed by atoms with van der Waals surface area (Å²) in [6.45, 7) is 6.49. The normalized spacial score (nSPS) is 15.5. The summed E-state index contributed by atoms with van der Waals surface area (Å²) in [5.74, 6) is 0.741. The van der Waals surface area contributed by atoms with Crippen LogP contribution < -0.4 is 5.73 Å². The first-order chi connectivity index (χ1) is 2.64. The lowest BCUT2D eigenvalue weighted by Gasteiger charge is -2.02. The summed E-state index contributed by atoms with van der Waals surface area (Å²) in [5.41, 5.74) is 3.84. The van der Waals surface area contributed by atoms with Crippen LogP contribution in [0, 0.1) is 5.92 Å². The first-order valence-corrected chi connectivity index (χ1v) is 2.47. The molecule has 3 N–H and O–H groups in total. The summed E-state index contributed by atoms with van der Waals surface area (Å²) in [4.78, 5) is 0. The quantitative estimate of drug-likeness (QED) is 0.476. The highest BCUT2D eigenvalue weighted by Crippen LogP contribution is 1.91. The molecule has 0 spiro atoms. The van der Waals surface area contributed by atoms with Crippen molar-refractivity contribution in [3.8, 4) is 0 Å². The van der Waals surface area contributed by atoms with E-state index in [-0.39, 0.29) is 0 Å². The molecule has 0 bridgehead atoms. The van der Waals surface area contributed by atoms with Gasteiger partial charge in [-0.25, -0.2) is 0 Å². The van der Waals surface area contributed by atoms with Crippen molar-refractivity contribution in [1.82, 2.24) is 0 Å². The van der Waals surface area contributed by atoms with Gasteiger partial charge in [-0.2, -0.15) is 0 Å². The van der Waals surface area contributed by atoms with Crippen molar-refractivity contribution in [3.63, 3.8) is 0 Å². The number of rotatable bonds is 1. The number of hydrogen-bond donors (Lipinski definition) is 1. The van der Waals surface area contributed by atoms with E-state index in [2.05, 4.69) is 26.5 Å². The van der Waals surface area contributed by atoms with Gasteiger partial charge in [-0.05, 0) is 6.92 Å². The summed E-state index contributed by atoms with van der Waals surface area (Å²) in [7, 11) is 0. The highest BCUT2D eigenvalue weighted by molar-refractivity contribution is 4.46. The molecule has 6 heavy (non-hydrogen) atoms. The second kappa shape index (κ2) is 2.19. The Morgan fingerprint density at radius 2 is 1.33 bits per heavy atom. The van der Waals surface area contributed by atoms with E-state index in [1.807, 2.05) is 0 Å². The van der Waals surface area contributed by atoms with Crippen LogP contribution in [0.15, 0.2) is 0 Å². The lowest BCUT2D eigenvalue weighted by atomic mass is 10.1. The maximum atomic E-state index is 3.84. The highest BCUT2D eigenvalue weighted by Gasteiger charge is 2.00. The zero-order chi connectivity index (χ0) is 5.15. The van der Waals surface area contributed by atoms with Crippen molar-refractivity contribution in [2.75, 3.05) is 0 Å². The first-order valence-electron chi connectivity index (χ1n) is 2.47. The van der Waals surface area contributed by atoms with E-state index in [4.69, 9.17) is 0 Å². The summed E-state index contributed by atoms with van der Waals surface area (Å²) < 4.78 is 0. The average Bonchev–Trinajstić information content (AvgIpc) is 1.36. The van der Waals surface area contributed by atoms with E-state index < -0.39 is 0 Å². The largest absolute Gasteiger partial charge is 0.355 e. The molecule has 1 heteroatoms. The van der Waals surface area contributed by atoms with Crippen LogP contribution in [0.2, 0.25) is 0 Å².